The Morgan fingerprint density at radius 2 is 1.26 bits per heavy atom. The molecule has 0 saturated carbocycles. The molecular weight excluding hydrogens is 408 g/mol. The Bertz CT molecular complexity index is 790. The van der Waals surface area contributed by atoms with Crippen molar-refractivity contribution in [1.29, 1.82) is 0 Å². The summed E-state index contributed by atoms with van der Waals surface area (Å²) in [6, 6.07) is 20.8. The number of carbonyl (C=O) groups excluding carboxylic acids is 2. The summed E-state index contributed by atoms with van der Waals surface area (Å²) < 4.78 is 16.5. The SMILES string of the molecule is COC(=O)C(C[C@H](C)CO[Si](c1ccccc1)(c1ccccc1)C(C)(C)C)C(=O)OC. The predicted molar refractivity (Wildman–Crippen MR) is 125 cm³/mol. The molecule has 0 amide bonds. The molecule has 168 valence electrons. The Labute approximate surface area is 186 Å². The van der Waals surface area contributed by atoms with Gasteiger partial charge in [-0.25, -0.2) is 0 Å². The molecule has 5 nitrogen and oxygen atoms in total. The summed E-state index contributed by atoms with van der Waals surface area (Å²) in [4.78, 5) is 24.2. The second-order valence-corrected chi connectivity index (χ2v) is 13.2. The highest BCUT2D eigenvalue weighted by Gasteiger charge is 2.50. The molecule has 0 aromatic heterocycles. The van der Waals surface area contributed by atoms with Gasteiger partial charge < -0.3 is 13.9 Å². The Morgan fingerprint density at radius 3 is 1.61 bits per heavy atom. The van der Waals surface area contributed by atoms with Gasteiger partial charge in [0.2, 0.25) is 0 Å². The number of methoxy groups -OCH3 is 2. The number of ether oxygens (including phenoxy) is 2. The number of hydrogen-bond donors (Lipinski definition) is 0. The van der Waals surface area contributed by atoms with Crippen molar-refractivity contribution in [1.82, 2.24) is 0 Å². The standard InChI is InChI=1S/C25H34O5Si/c1-19(17-22(23(26)28-5)24(27)29-6)18-30-31(25(2,3)4,20-13-9-7-10-14-20)21-15-11-8-12-16-21/h7-16,19,22H,17-18H2,1-6H3/t19-/m0/s1. The molecule has 0 saturated heterocycles. The molecular formula is C25H34O5Si. The van der Waals surface area contributed by atoms with Crippen molar-refractivity contribution in [3.63, 3.8) is 0 Å². The molecule has 0 aliphatic carbocycles. The zero-order valence-corrected chi connectivity index (χ0v) is 20.4. The van der Waals surface area contributed by atoms with Gasteiger partial charge >= 0.3 is 11.9 Å². The molecule has 6 heteroatoms. The molecule has 0 bridgehead atoms. The lowest BCUT2D eigenvalue weighted by Crippen LogP contribution is -2.66. The van der Waals surface area contributed by atoms with Crippen LogP contribution in [-0.4, -0.2) is 41.1 Å². The molecule has 0 N–H and O–H groups in total. The third kappa shape index (κ3) is 5.63. The molecule has 0 radical (unpaired) electrons. The first-order valence-corrected chi connectivity index (χ1v) is 12.5. The zero-order chi connectivity index (χ0) is 23.1. The maximum absolute atomic E-state index is 12.1. The largest absolute Gasteiger partial charge is 0.468 e. The van der Waals surface area contributed by atoms with E-state index in [-0.39, 0.29) is 11.0 Å². The number of carbonyl (C=O) groups is 2. The third-order valence-corrected chi connectivity index (χ3v) is 10.6. The van der Waals surface area contributed by atoms with E-state index in [1.165, 1.54) is 24.6 Å². The van der Waals surface area contributed by atoms with E-state index >= 15 is 0 Å². The van der Waals surface area contributed by atoms with E-state index in [0.717, 1.165) is 0 Å². The molecule has 2 aromatic rings. The topological polar surface area (TPSA) is 61.8 Å². The van der Waals surface area contributed by atoms with E-state index in [1.807, 2.05) is 43.3 Å². The summed E-state index contributed by atoms with van der Waals surface area (Å²) in [5, 5.41) is 2.25. The molecule has 0 fully saturated rings. The monoisotopic (exact) mass is 442 g/mol. The van der Waals surface area contributed by atoms with Crippen molar-refractivity contribution in [3.05, 3.63) is 60.7 Å². The van der Waals surface area contributed by atoms with Crippen LogP contribution in [-0.2, 0) is 23.5 Å². The van der Waals surface area contributed by atoms with Gasteiger partial charge in [-0.05, 0) is 27.8 Å². The number of rotatable bonds is 9. The van der Waals surface area contributed by atoms with Gasteiger partial charge in [0.25, 0.3) is 8.32 Å². The second-order valence-electron chi connectivity index (χ2n) is 8.91. The van der Waals surface area contributed by atoms with Crippen LogP contribution in [0.4, 0.5) is 0 Å². The molecule has 0 aliphatic rings. The minimum absolute atomic E-state index is 0.0511. The van der Waals surface area contributed by atoms with Crippen LogP contribution in [0.5, 0.6) is 0 Å². The van der Waals surface area contributed by atoms with E-state index in [0.29, 0.717) is 13.0 Å². The van der Waals surface area contributed by atoms with Crippen molar-refractivity contribution >= 4 is 30.6 Å². The lowest BCUT2D eigenvalue weighted by Gasteiger charge is -2.43. The highest BCUT2D eigenvalue weighted by Crippen LogP contribution is 2.37. The Hall–Kier alpha value is -2.44. The molecule has 2 rings (SSSR count). The maximum Gasteiger partial charge on any atom is 0.320 e. The maximum atomic E-state index is 12.1. The van der Waals surface area contributed by atoms with Crippen molar-refractivity contribution in [2.24, 2.45) is 11.8 Å². The van der Waals surface area contributed by atoms with Crippen LogP contribution in [0.2, 0.25) is 5.04 Å². The van der Waals surface area contributed by atoms with Crippen LogP contribution in [0, 0.1) is 11.8 Å². The lowest BCUT2D eigenvalue weighted by atomic mass is 9.96. The average molecular weight is 443 g/mol. The third-order valence-electron chi connectivity index (χ3n) is 5.61. The first-order valence-electron chi connectivity index (χ1n) is 10.6. The van der Waals surface area contributed by atoms with Gasteiger partial charge in [-0.2, -0.15) is 0 Å². The molecule has 0 heterocycles. The van der Waals surface area contributed by atoms with Gasteiger partial charge in [0.1, 0.15) is 0 Å². The van der Waals surface area contributed by atoms with Gasteiger partial charge in [-0.15, -0.1) is 0 Å². The quantitative estimate of drug-likeness (QED) is 0.338. The van der Waals surface area contributed by atoms with Crippen LogP contribution in [0.25, 0.3) is 0 Å². The van der Waals surface area contributed by atoms with Crippen LogP contribution in [0.3, 0.4) is 0 Å². The smallest absolute Gasteiger partial charge is 0.320 e. The molecule has 0 unspecified atom stereocenters. The van der Waals surface area contributed by atoms with E-state index in [2.05, 4.69) is 45.0 Å². The molecule has 2 aromatic carbocycles. The van der Waals surface area contributed by atoms with Crippen molar-refractivity contribution < 1.29 is 23.5 Å². The van der Waals surface area contributed by atoms with Crippen LogP contribution in [0.1, 0.15) is 34.1 Å². The summed E-state index contributed by atoms with van der Waals surface area (Å²) >= 11 is 0. The van der Waals surface area contributed by atoms with Crippen molar-refractivity contribution in [2.75, 3.05) is 20.8 Å². The summed E-state index contributed by atoms with van der Waals surface area (Å²) in [6.45, 7) is 9.05. The van der Waals surface area contributed by atoms with Gasteiger partial charge in [-0.1, -0.05) is 88.4 Å². The summed E-state index contributed by atoms with van der Waals surface area (Å²) in [7, 11) is -0.107. The zero-order valence-electron chi connectivity index (χ0n) is 19.4. The Morgan fingerprint density at radius 1 is 0.839 bits per heavy atom. The first-order chi connectivity index (χ1) is 14.7. The minimum Gasteiger partial charge on any atom is -0.468 e. The summed E-state index contributed by atoms with van der Waals surface area (Å²) in [5.74, 6) is -2.16. The van der Waals surface area contributed by atoms with Gasteiger partial charge in [0.15, 0.2) is 5.92 Å². The van der Waals surface area contributed by atoms with Crippen molar-refractivity contribution in [3.8, 4) is 0 Å². The van der Waals surface area contributed by atoms with Crippen LogP contribution in [0.15, 0.2) is 60.7 Å². The molecule has 1 atom stereocenters. The van der Waals surface area contributed by atoms with E-state index in [9.17, 15) is 9.59 Å². The number of benzene rings is 2. The predicted octanol–water partition coefficient (Wildman–Crippen LogP) is 3.55. The fraction of sp³-hybridized carbons (Fsp3) is 0.440. The van der Waals surface area contributed by atoms with Gasteiger partial charge in [0, 0.05) is 6.61 Å². The summed E-state index contributed by atoms with van der Waals surface area (Å²) in [5.41, 5.74) is 0. The van der Waals surface area contributed by atoms with E-state index in [1.54, 1.807) is 0 Å². The van der Waals surface area contributed by atoms with Gasteiger partial charge in [-0.3, -0.25) is 9.59 Å². The fourth-order valence-electron chi connectivity index (χ4n) is 4.07. The summed E-state index contributed by atoms with van der Waals surface area (Å²) in [6.07, 6.45) is 0.303. The lowest BCUT2D eigenvalue weighted by molar-refractivity contribution is -0.159. The van der Waals surface area contributed by atoms with Gasteiger partial charge in [0.05, 0.1) is 14.2 Å². The average Bonchev–Trinajstić information content (AvgIpc) is 2.77. The second kappa shape index (κ2) is 10.7. The fourth-order valence-corrected chi connectivity index (χ4v) is 8.76. The normalized spacial score (nSPS) is 13.0. The number of esters is 2. The van der Waals surface area contributed by atoms with Crippen molar-refractivity contribution in [2.45, 2.75) is 39.2 Å². The van der Waals surface area contributed by atoms with E-state index in [4.69, 9.17) is 13.9 Å². The van der Waals surface area contributed by atoms with E-state index < -0.39 is 26.2 Å². The minimum atomic E-state index is -2.67. The molecule has 31 heavy (non-hydrogen) atoms. The van der Waals surface area contributed by atoms with Crippen LogP contribution >= 0.6 is 0 Å². The highest BCUT2D eigenvalue weighted by molar-refractivity contribution is 6.99. The Kier molecular flexibility index (Phi) is 8.59. The Balaban J connectivity index is 2.38. The molecule has 0 spiro atoms. The number of hydrogen-bond acceptors (Lipinski definition) is 5. The molecule has 0 aliphatic heterocycles. The van der Waals surface area contributed by atoms with Crippen LogP contribution < -0.4 is 10.4 Å². The first kappa shape index (κ1) is 24.8. The highest BCUT2D eigenvalue weighted by atomic mass is 28.4.